The lowest BCUT2D eigenvalue weighted by Crippen LogP contribution is -2.57. The van der Waals surface area contributed by atoms with Crippen LogP contribution in [0.1, 0.15) is 48.5 Å². The molecular weight excluding hydrogens is 218 g/mol. The van der Waals surface area contributed by atoms with Gasteiger partial charge in [0.15, 0.2) is 0 Å². The summed E-state index contributed by atoms with van der Waals surface area (Å²) in [4.78, 5) is 0. The van der Waals surface area contributed by atoms with E-state index in [-0.39, 0.29) is 5.60 Å². The molecule has 17 heavy (non-hydrogen) atoms. The monoisotopic (exact) mass is 247 g/mol. The predicted octanol–water partition coefficient (Wildman–Crippen LogP) is 1.30. The Morgan fingerprint density at radius 2 is 1.53 bits per heavy atom. The lowest BCUT2D eigenvalue weighted by atomic mass is 9.86. The van der Waals surface area contributed by atoms with Crippen molar-refractivity contribution >= 4 is 0 Å². The maximum absolute atomic E-state index is 9.94. The average Bonchev–Trinajstić information content (AvgIpc) is 2.08. The second kappa shape index (κ2) is 5.65. The van der Waals surface area contributed by atoms with Crippen LogP contribution in [0.25, 0.3) is 0 Å². The number of hydrogen-bond acceptors (Lipinski definition) is 4. The third-order valence-electron chi connectivity index (χ3n) is 3.02. The number of aliphatic hydroxyl groups excluding tert-OH is 1. The zero-order chi connectivity index (χ0) is 13.9. The second-order valence-electron chi connectivity index (χ2n) is 6.64. The van der Waals surface area contributed by atoms with Crippen LogP contribution in [0, 0.1) is 0 Å². The van der Waals surface area contributed by atoms with Crippen molar-refractivity contribution in [3.8, 4) is 0 Å². The van der Waals surface area contributed by atoms with Gasteiger partial charge in [-0.3, -0.25) is 0 Å². The molecular formula is C13H29NO3. The molecule has 0 spiro atoms. The van der Waals surface area contributed by atoms with Crippen LogP contribution >= 0.6 is 0 Å². The van der Waals surface area contributed by atoms with Crippen molar-refractivity contribution in [3.63, 3.8) is 0 Å². The molecule has 0 heterocycles. The summed E-state index contributed by atoms with van der Waals surface area (Å²) >= 11 is 0. The van der Waals surface area contributed by atoms with Crippen LogP contribution in [-0.4, -0.2) is 46.2 Å². The fraction of sp³-hybridized carbons (Fsp3) is 1.00. The van der Waals surface area contributed by atoms with E-state index < -0.39 is 17.2 Å². The van der Waals surface area contributed by atoms with Gasteiger partial charge in [0.2, 0.25) is 0 Å². The predicted molar refractivity (Wildman–Crippen MR) is 70.1 cm³/mol. The van der Waals surface area contributed by atoms with E-state index in [0.717, 1.165) is 0 Å². The molecule has 0 aromatic heterocycles. The van der Waals surface area contributed by atoms with Gasteiger partial charge in [-0.15, -0.1) is 0 Å². The smallest absolute Gasteiger partial charge is 0.0898 e. The van der Waals surface area contributed by atoms with Gasteiger partial charge >= 0.3 is 0 Å². The summed E-state index contributed by atoms with van der Waals surface area (Å²) in [5.41, 5.74) is -1.56. The molecule has 104 valence electrons. The summed E-state index contributed by atoms with van der Waals surface area (Å²) in [5, 5.41) is 22.9. The SMILES string of the molecule is CC(C)(C)OCC(O)CNC(C)(C)C(C)(C)O. The molecule has 0 saturated heterocycles. The molecule has 0 aliphatic carbocycles. The van der Waals surface area contributed by atoms with Gasteiger partial charge in [-0.05, 0) is 48.5 Å². The van der Waals surface area contributed by atoms with E-state index in [1.165, 1.54) is 0 Å². The Balaban J connectivity index is 4.04. The summed E-state index contributed by atoms with van der Waals surface area (Å²) < 4.78 is 5.49. The molecule has 1 unspecified atom stereocenters. The van der Waals surface area contributed by atoms with Crippen molar-refractivity contribution < 1.29 is 14.9 Å². The number of rotatable bonds is 6. The Labute approximate surface area is 105 Å². The van der Waals surface area contributed by atoms with Crippen molar-refractivity contribution in [3.05, 3.63) is 0 Å². The standard InChI is InChI=1S/C13H29NO3/c1-11(2,3)17-9-10(15)8-14-12(4,5)13(6,7)16/h10,14-16H,8-9H2,1-7H3. The van der Waals surface area contributed by atoms with Gasteiger partial charge in [0.1, 0.15) is 0 Å². The van der Waals surface area contributed by atoms with E-state index in [9.17, 15) is 10.2 Å². The largest absolute Gasteiger partial charge is 0.389 e. The molecule has 0 radical (unpaired) electrons. The van der Waals surface area contributed by atoms with Crippen LogP contribution in [0.2, 0.25) is 0 Å². The van der Waals surface area contributed by atoms with Crippen molar-refractivity contribution in [1.82, 2.24) is 5.32 Å². The van der Waals surface area contributed by atoms with Gasteiger partial charge in [0, 0.05) is 12.1 Å². The Morgan fingerprint density at radius 1 is 1.06 bits per heavy atom. The number of aliphatic hydroxyl groups is 2. The Kier molecular flexibility index (Phi) is 5.60. The average molecular weight is 247 g/mol. The Morgan fingerprint density at radius 3 is 1.88 bits per heavy atom. The van der Waals surface area contributed by atoms with Crippen molar-refractivity contribution in [2.45, 2.75) is 71.3 Å². The maximum atomic E-state index is 9.94. The van der Waals surface area contributed by atoms with Gasteiger partial charge in [-0.1, -0.05) is 0 Å². The molecule has 0 bridgehead atoms. The maximum Gasteiger partial charge on any atom is 0.0898 e. The highest BCUT2D eigenvalue weighted by Gasteiger charge is 2.34. The normalized spacial score (nSPS) is 16.1. The third-order valence-corrected chi connectivity index (χ3v) is 3.02. The minimum Gasteiger partial charge on any atom is -0.389 e. The second-order valence-corrected chi connectivity index (χ2v) is 6.64. The van der Waals surface area contributed by atoms with Crippen molar-refractivity contribution in [1.29, 1.82) is 0 Å². The highest BCUT2D eigenvalue weighted by molar-refractivity contribution is 4.93. The van der Waals surface area contributed by atoms with E-state index in [1.54, 1.807) is 13.8 Å². The topological polar surface area (TPSA) is 61.7 Å². The van der Waals surface area contributed by atoms with Crippen LogP contribution in [0.3, 0.4) is 0 Å². The van der Waals surface area contributed by atoms with Crippen LogP contribution in [0.15, 0.2) is 0 Å². The fourth-order valence-corrected chi connectivity index (χ4v) is 0.994. The van der Waals surface area contributed by atoms with Gasteiger partial charge in [0.05, 0.1) is 23.9 Å². The molecule has 0 aromatic rings. The van der Waals surface area contributed by atoms with E-state index in [0.29, 0.717) is 13.2 Å². The number of nitrogens with one attached hydrogen (secondary N) is 1. The third kappa shape index (κ3) is 6.99. The van der Waals surface area contributed by atoms with Crippen LogP contribution < -0.4 is 5.32 Å². The fourth-order valence-electron chi connectivity index (χ4n) is 0.994. The number of ether oxygens (including phenoxy) is 1. The van der Waals surface area contributed by atoms with Gasteiger partial charge in [0.25, 0.3) is 0 Å². The Hall–Kier alpha value is -0.160. The summed E-state index contributed by atoms with van der Waals surface area (Å²) in [6, 6.07) is 0. The quantitative estimate of drug-likeness (QED) is 0.662. The zero-order valence-corrected chi connectivity index (χ0v) is 12.3. The molecule has 4 heteroatoms. The van der Waals surface area contributed by atoms with E-state index in [4.69, 9.17) is 4.74 Å². The van der Waals surface area contributed by atoms with Crippen LogP contribution in [0.4, 0.5) is 0 Å². The van der Waals surface area contributed by atoms with Gasteiger partial charge < -0.3 is 20.3 Å². The minimum atomic E-state index is -0.850. The van der Waals surface area contributed by atoms with E-state index >= 15 is 0 Å². The number of hydrogen-bond donors (Lipinski definition) is 3. The van der Waals surface area contributed by atoms with Gasteiger partial charge in [-0.2, -0.15) is 0 Å². The first-order valence-electron chi connectivity index (χ1n) is 6.14. The summed E-state index contributed by atoms with van der Waals surface area (Å²) in [7, 11) is 0. The molecule has 0 aliphatic rings. The van der Waals surface area contributed by atoms with Crippen LogP contribution in [-0.2, 0) is 4.74 Å². The molecule has 0 aromatic carbocycles. The molecule has 0 aliphatic heterocycles. The van der Waals surface area contributed by atoms with E-state index in [2.05, 4.69) is 5.32 Å². The summed E-state index contributed by atoms with van der Waals surface area (Å²) in [5.74, 6) is 0. The number of β-amino-alcohol motifs (C(OH)–C–C–N with tert-alkyl or cyclic N) is 1. The molecule has 0 amide bonds. The van der Waals surface area contributed by atoms with Crippen molar-refractivity contribution in [2.24, 2.45) is 0 Å². The minimum absolute atomic E-state index is 0.243. The van der Waals surface area contributed by atoms with Crippen LogP contribution in [0.5, 0.6) is 0 Å². The first kappa shape index (κ1) is 16.8. The molecule has 0 rings (SSSR count). The zero-order valence-electron chi connectivity index (χ0n) is 12.3. The molecule has 4 nitrogen and oxygen atoms in total. The highest BCUT2D eigenvalue weighted by atomic mass is 16.5. The Bertz CT molecular complexity index is 226. The summed E-state index contributed by atoms with van der Waals surface area (Å²) in [6.07, 6.45) is -0.573. The molecule has 0 saturated carbocycles. The van der Waals surface area contributed by atoms with Crippen molar-refractivity contribution in [2.75, 3.05) is 13.2 Å². The van der Waals surface area contributed by atoms with Gasteiger partial charge in [-0.25, -0.2) is 0 Å². The molecule has 0 fully saturated rings. The molecule has 3 N–H and O–H groups in total. The lowest BCUT2D eigenvalue weighted by Gasteiger charge is -2.39. The van der Waals surface area contributed by atoms with E-state index in [1.807, 2.05) is 34.6 Å². The molecule has 1 atom stereocenters. The highest BCUT2D eigenvalue weighted by Crippen LogP contribution is 2.20. The first-order chi connectivity index (χ1) is 7.35. The first-order valence-corrected chi connectivity index (χ1v) is 6.14. The summed E-state index contributed by atoms with van der Waals surface area (Å²) in [6.45, 7) is 13.9. The lowest BCUT2D eigenvalue weighted by molar-refractivity contribution is -0.0556.